The van der Waals surface area contributed by atoms with Crippen molar-refractivity contribution in [2.75, 3.05) is 19.6 Å². The van der Waals surface area contributed by atoms with Gasteiger partial charge in [-0.3, -0.25) is 20.7 Å². The molecule has 2 aliphatic rings. The van der Waals surface area contributed by atoms with Gasteiger partial charge in [-0.2, -0.15) is 0 Å². The maximum atomic E-state index is 5.93. The number of fused-ring (bicyclic) bond motifs is 1. The zero-order valence-corrected chi connectivity index (χ0v) is 16.4. The number of pyridine rings is 1. The van der Waals surface area contributed by atoms with Gasteiger partial charge in [0.2, 0.25) is 0 Å². The largest absolute Gasteiger partial charge is 0.487 e. The van der Waals surface area contributed by atoms with Crippen LogP contribution in [-0.2, 0) is 26.1 Å². The summed E-state index contributed by atoms with van der Waals surface area (Å²) in [5, 5.41) is 0. The molecule has 7 nitrogen and oxygen atoms in total. The quantitative estimate of drug-likeness (QED) is 0.599. The van der Waals surface area contributed by atoms with Crippen LogP contribution in [0, 0.1) is 0 Å². The summed E-state index contributed by atoms with van der Waals surface area (Å²) in [5.41, 5.74) is 11.1. The number of ether oxygens (including phenoxy) is 1. The van der Waals surface area contributed by atoms with Crippen LogP contribution in [0.5, 0.6) is 5.75 Å². The molecule has 0 amide bonds. The lowest BCUT2D eigenvalue weighted by Gasteiger charge is -2.26. The molecule has 0 bridgehead atoms. The second-order valence-electron chi connectivity index (χ2n) is 7.72. The van der Waals surface area contributed by atoms with Crippen LogP contribution in [0.25, 0.3) is 0 Å². The van der Waals surface area contributed by atoms with Crippen molar-refractivity contribution < 1.29 is 4.74 Å². The van der Waals surface area contributed by atoms with Gasteiger partial charge >= 0.3 is 0 Å². The van der Waals surface area contributed by atoms with Crippen LogP contribution in [0.15, 0.2) is 48.7 Å². The standard InChI is InChI=1S/C22H26N6O/c1-2-8-23-18(5-1)15-29-19-6-3-4-16(10-19)13-28-9-7-20-21(14-28)27-22(26-20)17-11-24-25-12-17/h1-6,8,10,17,24-25H,7,9,11-15H2,(H,26,27). The first kappa shape index (κ1) is 18.3. The third kappa shape index (κ3) is 4.32. The van der Waals surface area contributed by atoms with E-state index < -0.39 is 0 Å². The Kier molecular flexibility index (Phi) is 5.25. The molecule has 1 saturated heterocycles. The minimum Gasteiger partial charge on any atom is -0.487 e. The number of hydrogen-bond donors (Lipinski definition) is 3. The van der Waals surface area contributed by atoms with Crippen molar-refractivity contribution in [3.63, 3.8) is 0 Å². The monoisotopic (exact) mass is 390 g/mol. The first-order chi connectivity index (χ1) is 14.3. The van der Waals surface area contributed by atoms with Crippen molar-refractivity contribution in [2.45, 2.75) is 32.0 Å². The molecule has 3 aromatic rings. The number of hydrazine groups is 1. The van der Waals surface area contributed by atoms with Crippen molar-refractivity contribution in [2.24, 2.45) is 0 Å². The van der Waals surface area contributed by atoms with Crippen LogP contribution in [0.3, 0.4) is 0 Å². The number of imidazole rings is 1. The molecule has 29 heavy (non-hydrogen) atoms. The van der Waals surface area contributed by atoms with Crippen molar-refractivity contribution >= 4 is 0 Å². The fourth-order valence-corrected chi connectivity index (χ4v) is 3.99. The Morgan fingerprint density at radius 3 is 2.90 bits per heavy atom. The molecule has 0 radical (unpaired) electrons. The van der Waals surface area contributed by atoms with Gasteiger partial charge in [-0.05, 0) is 29.8 Å². The number of aromatic nitrogens is 3. The lowest BCUT2D eigenvalue weighted by Crippen LogP contribution is -2.30. The van der Waals surface area contributed by atoms with Crippen LogP contribution >= 0.6 is 0 Å². The summed E-state index contributed by atoms with van der Waals surface area (Å²) in [6.07, 6.45) is 2.79. The van der Waals surface area contributed by atoms with E-state index in [0.717, 1.165) is 56.4 Å². The van der Waals surface area contributed by atoms with Crippen LogP contribution in [-0.4, -0.2) is 39.5 Å². The van der Waals surface area contributed by atoms with Gasteiger partial charge in [0, 0.05) is 51.3 Å². The maximum Gasteiger partial charge on any atom is 0.130 e. The molecule has 0 saturated carbocycles. The zero-order chi connectivity index (χ0) is 19.5. The van der Waals surface area contributed by atoms with Gasteiger partial charge in [0.05, 0.1) is 17.1 Å². The first-order valence-electron chi connectivity index (χ1n) is 10.2. The Morgan fingerprint density at radius 2 is 2.03 bits per heavy atom. The molecule has 5 rings (SSSR count). The Morgan fingerprint density at radius 1 is 1.10 bits per heavy atom. The molecule has 2 aromatic heterocycles. The molecule has 0 aliphatic carbocycles. The van der Waals surface area contributed by atoms with E-state index in [-0.39, 0.29) is 0 Å². The normalized spacial score (nSPS) is 17.4. The van der Waals surface area contributed by atoms with Crippen LogP contribution < -0.4 is 15.6 Å². The topological polar surface area (TPSA) is 78.1 Å². The number of nitrogens with zero attached hydrogens (tertiary/aromatic N) is 3. The Balaban J connectivity index is 1.21. The molecule has 0 spiro atoms. The molecule has 0 unspecified atom stereocenters. The lowest BCUT2D eigenvalue weighted by molar-refractivity contribution is 0.240. The minimum atomic E-state index is 0.432. The first-order valence-corrected chi connectivity index (χ1v) is 10.2. The van der Waals surface area contributed by atoms with E-state index in [9.17, 15) is 0 Å². The van der Waals surface area contributed by atoms with Crippen LogP contribution in [0.1, 0.15) is 34.4 Å². The van der Waals surface area contributed by atoms with E-state index in [0.29, 0.717) is 12.5 Å². The number of rotatable bonds is 6. The van der Waals surface area contributed by atoms with Gasteiger partial charge in [-0.15, -0.1) is 0 Å². The highest BCUT2D eigenvalue weighted by Gasteiger charge is 2.25. The molecule has 2 aliphatic heterocycles. The molecule has 4 heterocycles. The average Bonchev–Trinajstić information content (AvgIpc) is 3.43. The summed E-state index contributed by atoms with van der Waals surface area (Å²) in [6.45, 7) is 5.19. The molecular formula is C22H26N6O. The second kappa shape index (κ2) is 8.32. The van der Waals surface area contributed by atoms with Crippen molar-refractivity contribution in [3.8, 4) is 5.75 Å². The molecule has 7 heteroatoms. The second-order valence-corrected chi connectivity index (χ2v) is 7.72. The number of nitrogens with one attached hydrogen (secondary N) is 3. The van der Waals surface area contributed by atoms with Crippen molar-refractivity contribution in [3.05, 3.63) is 77.1 Å². The number of benzene rings is 1. The van der Waals surface area contributed by atoms with Gasteiger partial charge in [0.1, 0.15) is 18.2 Å². The maximum absolute atomic E-state index is 5.93. The highest BCUT2D eigenvalue weighted by Crippen LogP contribution is 2.23. The summed E-state index contributed by atoms with van der Waals surface area (Å²) in [6, 6.07) is 14.2. The van der Waals surface area contributed by atoms with E-state index in [2.05, 4.69) is 43.9 Å². The molecule has 3 N–H and O–H groups in total. The Hall–Kier alpha value is -2.74. The molecule has 1 fully saturated rings. The van der Waals surface area contributed by atoms with Gasteiger partial charge in [-0.25, -0.2) is 4.98 Å². The number of H-pyrrole nitrogens is 1. The van der Waals surface area contributed by atoms with Gasteiger partial charge in [-0.1, -0.05) is 18.2 Å². The highest BCUT2D eigenvalue weighted by molar-refractivity contribution is 5.29. The fourth-order valence-electron chi connectivity index (χ4n) is 3.99. The summed E-state index contributed by atoms with van der Waals surface area (Å²) in [7, 11) is 0. The van der Waals surface area contributed by atoms with E-state index in [1.807, 2.05) is 24.3 Å². The fraction of sp³-hybridized carbons (Fsp3) is 0.364. The van der Waals surface area contributed by atoms with Gasteiger partial charge < -0.3 is 9.72 Å². The molecule has 0 atom stereocenters. The molecule has 1 aromatic carbocycles. The van der Waals surface area contributed by atoms with E-state index in [1.165, 1.54) is 17.0 Å². The SMILES string of the molecule is c1ccc(COc2cccc(CN3CCc4nc(C5CNNC5)[nH]c4C3)c2)nc1. The average molecular weight is 390 g/mol. The van der Waals surface area contributed by atoms with E-state index >= 15 is 0 Å². The number of hydrogen-bond acceptors (Lipinski definition) is 6. The molecule has 150 valence electrons. The third-order valence-corrected chi connectivity index (χ3v) is 5.56. The van der Waals surface area contributed by atoms with E-state index in [4.69, 9.17) is 9.72 Å². The highest BCUT2D eigenvalue weighted by atomic mass is 16.5. The Labute approximate surface area is 170 Å². The molecular weight excluding hydrogens is 364 g/mol. The van der Waals surface area contributed by atoms with Gasteiger partial charge in [0.25, 0.3) is 0 Å². The van der Waals surface area contributed by atoms with Crippen LogP contribution in [0.4, 0.5) is 0 Å². The summed E-state index contributed by atoms with van der Waals surface area (Å²) >= 11 is 0. The Bertz CT molecular complexity index is 951. The predicted molar refractivity (Wildman–Crippen MR) is 110 cm³/mol. The van der Waals surface area contributed by atoms with Crippen molar-refractivity contribution in [1.82, 2.24) is 30.7 Å². The van der Waals surface area contributed by atoms with E-state index in [1.54, 1.807) is 6.20 Å². The van der Waals surface area contributed by atoms with Crippen molar-refractivity contribution in [1.29, 1.82) is 0 Å². The zero-order valence-electron chi connectivity index (χ0n) is 16.4. The summed E-state index contributed by atoms with van der Waals surface area (Å²) in [5.74, 6) is 2.43. The lowest BCUT2D eigenvalue weighted by atomic mass is 10.1. The number of aromatic amines is 1. The minimum absolute atomic E-state index is 0.432. The summed E-state index contributed by atoms with van der Waals surface area (Å²) in [4.78, 5) is 15.2. The predicted octanol–water partition coefficient (Wildman–Crippen LogP) is 2.13. The smallest absolute Gasteiger partial charge is 0.130 e. The van der Waals surface area contributed by atoms with Gasteiger partial charge in [0.15, 0.2) is 0 Å². The van der Waals surface area contributed by atoms with Crippen LogP contribution in [0.2, 0.25) is 0 Å². The summed E-state index contributed by atoms with van der Waals surface area (Å²) < 4.78 is 5.93. The third-order valence-electron chi connectivity index (χ3n) is 5.56.